The first kappa shape index (κ1) is 13.8. The first-order valence-electron chi connectivity index (χ1n) is 7.17. The summed E-state index contributed by atoms with van der Waals surface area (Å²) < 4.78 is 5.17. The fourth-order valence-electron chi connectivity index (χ4n) is 2.45. The number of carbonyl (C=O) groups excluding carboxylic acids is 1. The average Bonchev–Trinajstić information content (AvgIpc) is 3.19. The molecular weight excluding hydrogens is 268 g/mol. The van der Waals surface area contributed by atoms with Crippen LogP contribution in [0.4, 0.5) is 0 Å². The third-order valence-electron chi connectivity index (χ3n) is 3.65. The number of amides is 1. The van der Waals surface area contributed by atoms with E-state index in [9.17, 15) is 4.79 Å². The maximum atomic E-state index is 12.1. The molecule has 1 aromatic carbocycles. The molecule has 0 saturated carbocycles. The van der Waals surface area contributed by atoms with E-state index in [1.54, 1.807) is 0 Å². The molecule has 2 atom stereocenters. The van der Waals surface area contributed by atoms with Gasteiger partial charge in [-0.3, -0.25) is 4.79 Å². The number of carbonyl (C=O) groups is 1. The summed E-state index contributed by atoms with van der Waals surface area (Å²) in [6.45, 7) is 2.87. The molecule has 2 aromatic rings. The van der Waals surface area contributed by atoms with Crippen LogP contribution in [-0.4, -0.2) is 22.6 Å². The van der Waals surface area contributed by atoms with E-state index in [2.05, 4.69) is 20.8 Å². The fourth-order valence-corrected chi connectivity index (χ4v) is 2.45. The van der Waals surface area contributed by atoms with E-state index < -0.39 is 0 Å². The molecule has 1 amide bonds. The van der Waals surface area contributed by atoms with E-state index in [-0.39, 0.29) is 23.8 Å². The predicted molar refractivity (Wildman–Crippen MR) is 76.6 cm³/mol. The van der Waals surface area contributed by atoms with Crippen molar-refractivity contribution in [2.75, 3.05) is 6.54 Å². The molecule has 1 fully saturated rings. The lowest BCUT2D eigenvalue weighted by atomic mass is 10.1. The standard InChI is InChI=1S/C15H18N4O2/c1-10(11-6-3-2-4-7-11)17-14(20)13-18-15(21-19-13)12-8-5-9-16-12/h2-4,6-7,10,12,16H,5,8-9H2,1H3,(H,17,20)/t10-,12?/m1/s1. The molecule has 1 aromatic heterocycles. The summed E-state index contributed by atoms with van der Waals surface area (Å²) in [5.41, 5.74) is 1.03. The van der Waals surface area contributed by atoms with Crippen LogP contribution < -0.4 is 10.6 Å². The third kappa shape index (κ3) is 3.11. The molecule has 0 radical (unpaired) electrons. The Kier molecular flexibility index (Phi) is 3.96. The van der Waals surface area contributed by atoms with Crippen molar-refractivity contribution in [3.63, 3.8) is 0 Å². The molecule has 2 heterocycles. The van der Waals surface area contributed by atoms with Crippen LogP contribution in [0.15, 0.2) is 34.9 Å². The first-order valence-corrected chi connectivity index (χ1v) is 7.17. The largest absolute Gasteiger partial charge is 0.343 e. The zero-order valence-corrected chi connectivity index (χ0v) is 11.9. The summed E-state index contributed by atoms with van der Waals surface area (Å²) in [6, 6.07) is 9.73. The second-order valence-corrected chi connectivity index (χ2v) is 5.21. The molecule has 0 spiro atoms. The Morgan fingerprint density at radius 1 is 1.43 bits per heavy atom. The lowest BCUT2D eigenvalue weighted by Gasteiger charge is -2.12. The summed E-state index contributed by atoms with van der Waals surface area (Å²) in [7, 11) is 0. The van der Waals surface area contributed by atoms with E-state index in [1.165, 1.54) is 0 Å². The highest BCUT2D eigenvalue weighted by Gasteiger charge is 2.24. The van der Waals surface area contributed by atoms with Crippen molar-refractivity contribution in [2.45, 2.75) is 31.8 Å². The molecule has 21 heavy (non-hydrogen) atoms. The molecule has 6 heteroatoms. The van der Waals surface area contributed by atoms with E-state index >= 15 is 0 Å². The Hall–Kier alpha value is -2.21. The normalized spacial score (nSPS) is 19.4. The molecular formula is C15H18N4O2. The lowest BCUT2D eigenvalue weighted by molar-refractivity contribution is 0.0926. The Morgan fingerprint density at radius 2 is 2.24 bits per heavy atom. The van der Waals surface area contributed by atoms with Gasteiger partial charge in [-0.05, 0) is 31.9 Å². The quantitative estimate of drug-likeness (QED) is 0.898. The number of nitrogens with one attached hydrogen (secondary N) is 2. The Morgan fingerprint density at radius 3 is 2.95 bits per heavy atom. The molecule has 1 aliphatic rings. The summed E-state index contributed by atoms with van der Waals surface area (Å²) in [5.74, 6) is 0.255. The van der Waals surface area contributed by atoms with Crippen molar-refractivity contribution >= 4 is 5.91 Å². The third-order valence-corrected chi connectivity index (χ3v) is 3.65. The van der Waals surface area contributed by atoms with Gasteiger partial charge >= 0.3 is 0 Å². The van der Waals surface area contributed by atoms with Crippen LogP contribution in [0.2, 0.25) is 0 Å². The van der Waals surface area contributed by atoms with Crippen LogP contribution >= 0.6 is 0 Å². The molecule has 0 bridgehead atoms. The van der Waals surface area contributed by atoms with Gasteiger partial charge in [0.05, 0.1) is 12.1 Å². The van der Waals surface area contributed by atoms with Gasteiger partial charge in [-0.25, -0.2) is 0 Å². The highest BCUT2D eigenvalue weighted by atomic mass is 16.5. The Bertz CT molecular complexity index is 605. The molecule has 2 N–H and O–H groups in total. The van der Waals surface area contributed by atoms with Gasteiger partial charge in [0.2, 0.25) is 5.89 Å². The molecule has 3 rings (SSSR count). The van der Waals surface area contributed by atoms with Crippen LogP contribution in [0.3, 0.4) is 0 Å². The number of nitrogens with zero attached hydrogens (tertiary/aromatic N) is 2. The van der Waals surface area contributed by atoms with Crippen LogP contribution in [-0.2, 0) is 0 Å². The molecule has 0 aliphatic carbocycles. The van der Waals surface area contributed by atoms with Gasteiger partial charge in [0.25, 0.3) is 11.7 Å². The summed E-state index contributed by atoms with van der Waals surface area (Å²) in [4.78, 5) is 16.3. The topological polar surface area (TPSA) is 80.0 Å². The predicted octanol–water partition coefficient (Wildman–Crippen LogP) is 1.99. The van der Waals surface area contributed by atoms with Gasteiger partial charge in [0.15, 0.2) is 0 Å². The van der Waals surface area contributed by atoms with Gasteiger partial charge in [-0.15, -0.1) is 0 Å². The van der Waals surface area contributed by atoms with Crippen molar-refractivity contribution in [3.05, 3.63) is 47.6 Å². The maximum absolute atomic E-state index is 12.1. The molecule has 110 valence electrons. The summed E-state index contributed by atoms with van der Waals surface area (Å²) in [5, 5.41) is 9.91. The SMILES string of the molecule is C[C@@H](NC(=O)c1noc(C2CCCN2)n1)c1ccccc1. The number of hydrogen-bond acceptors (Lipinski definition) is 5. The van der Waals surface area contributed by atoms with Crippen LogP contribution in [0.1, 0.15) is 53.9 Å². The summed E-state index contributed by atoms with van der Waals surface area (Å²) >= 11 is 0. The van der Waals surface area contributed by atoms with Crippen LogP contribution in [0.5, 0.6) is 0 Å². The van der Waals surface area contributed by atoms with E-state index in [0.717, 1.165) is 24.9 Å². The van der Waals surface area contributed by atoms with E-state index in [1.807, 2.05) is 37.3 Å². The molecule has 1 aliphatic heterocycles. The van der Waals surface area contributed by atoms with E-state index in [4.69, 9.17) is 4.52 Å². The average molecular weight is 286 g/mol. The second kappa shape index (κ2) is 6.05. The molecule has 1 unspecified atom stereocenters. The van der Waals surface area contributed by atoms with E-state index in [0.29, 0.717) is 5.89 Å². The Labute approximate surface area is 122 Å². The minimum absolute atomic E-state index is 0.0746. The fraction of sp³-hybridized carbons (Fsp3) is 0.400. The van der Waals surface area contributed by atoms with Gasteiger partial charge in [-0.1, -0.05) is 35.5 Å². The minimum atomic E-state index is -0.320. The van der Waals surface area contributed by atoms with Crippen molar-refractivity contribution in [1.29, 1.82) is 0 Å². The van der Waals surface area contributed by atoms with Gasteiger partial charge in [0, 0.05) is 0 Å². The van der Waals surface area contributed by atoms with Crippen LogP contribution in [0.25, 0.3) is 0 Å². The first-order chi connectivity index (χ1) is 10.2. The molecule has 1 saturated heterocycles. The van der Waals surface area contributed by atoms with Crippen LogP contribution in [0, 0.1) is 0 Å². The monoisotopic (exact) mass is 286 g/mol. The zero-order valence-electron chi connectivity index (χ0n) is 11.9. The van der Waals surface area contributed by atoms with Crippen molar-refractivity contribution in [3.8, 4) is 0 Å². The lowest BCUT2D eigenvalue weighted by Crippen LogP contribution is -2.27. The molecule has 6 nitrogen and oxygen atoms in total. The maximum Gasteiger partial charge on any atom is 0.293 e. The number of rotatable bonds is 4. The second-order valence-electron chi connectivity index (χ2n) is 5.21. The summed E-state index contributed by atoms with van der Waals surface area (Å²) in [6.07, 6.45) is 2.04. The van der Waals surface area contributed by atoms with Crippen molar-refractivity contribution < 1.29 is 9.32 Å². The minimum Gasteiger partial charge on any atom is -0.343 e. The number of benzene rings is 1. The highest BCUT2D eigenvalue weighted by Crippen LogP contribution is 2.21. The highest BCUT2D eigenvalue weighted by molar-refractivity contribution is 5.90. The smallest absolute Gasteiger partial charge is 0.293 e. The van der Waals surface area contributed by atoms with Gasteiger partial charge in [-0.2, -0.15) is 4.98 Å². The van der Waals surface area contributed by atoms with Crippen molar-refractivity contribution in [2.24, 2.45) is 0 Å². The number of hydrogen-bond donors (Lipinski definition) is 2. The van der Waals surface area contributed by atoms with Crippen molar-refractivity contribution in [1.82, 2.24) is 20.8 Å². The zero-order chi connectivity index (χ0) is 14.7. The Balaban J connectivity index is 1.65. The van der Waals surface area contributed by atoms with Gasteiger partial charge < -0.3 is 15.2 Å². The van der Waals surface area contributed by atoms with Gasteiger partial charge in [0.1, 0.15) is 0 Å². The number of aromatic nitrogens is 2.